The summed E-state index contributed by atoms with van der Waals surface area (Å²) >= 11 is 1.40. The summed E-state index contributed by atoms with van der Waals surface area (Å²) in [7, 11) is 0. The molecule has 27 heavy (non-hydrogen) atoms. The summed E-state index contributed by atoms with van der Waals surface area (Å²) in [5.41, 5.74) is 1.02. The van der Waals surface area contributed by atoms with Crippen LogP contribution in [0.15, 0.2) is 24.3 Å². The maximum absolute atomic E-state index is 12.5. The average molecular weight is 388 g/mol. The van der Waals surface area contributed by atoms with E-state index in [4.69, 9.17) is 4.74 Å². The summed E-state index contributed by atoms with van der Waals surface area (Å²) in [5, 5.41) is 15.1. The Hall–Kier alpha value is -2.32. The molecule has 2 heterocycles. The van der Waals surface area contributed by atoms with E-state index in [9.17, 15) is 9.59 Å². The number of ether oxygens (including phenoxy) is 1. The smallest absolute Gasteiger partial charge is 0.257 e. The van der Waals surface area contributed by atoms with E-state index in [0.717, 1.165) is 43.5 Å². The van der Waals surface area contributed by atoms with Crippen LogP contribution in [0, 0.1) is 0 Å². The van der Waals surface area contributed by atoms with Crippen LogP contribution in [-0.2, 0) is 16.0 Å². The highest BCUT2D eigenvalue weighted by molar-refractivity contribution is 7.15. The topological polar surface area (TPSA) is 93.2 Å². The van der Waals surface area contributed by atoms with Gasteiger partial charge in [-0.3, -0.25) is 14.9 Å². The number of carbonyl (C=O) groups is 2. The predicted molar refractivity (Wildman–Crippen MR) is 105 cm³/mol. The molecule has 0 aliphatic carbocycles. The Kier molecular flexibility index (Phi) is 6.89. The van der Waals surface area contributed by atoms with Gasteiger partial charge in [-0.2, -0.15) is 0 Å². The molecule has 3 rings (SSSR count). The minimum atomic E-state index is -0.407. The number of unbranched alkanes of at least 4 members (excludes halogenated alkanes) is 2. The first-order valence-electron chi connectivity index (χ1n) is 9.32. The molecule has 2 aromatic rings. The van der Waals surface area contributed by atoms with Gasteiger partial charge in [-0.1, -0.05) is 37.2 Å². The van der Waals surface area contributed by atoms with Crippen molar-refractivity contribution >= 4 is 34.0 Å². The van der Waals surface area contributed by atoms with Gasteiger partial charge in [0.05, 0.1) is 0 Å². The van der Waals surface area contributed by atoms with Gasteiger partial charge in [0.2, 0.25) is 5.13 Å². The second-order valence-electron chi connectivity index (χ2n) is 6.48. The Bertz CT molecular complexity index is 787. The monoisotopic (exact) mass is 388 g/mol. The number of benzene rings is 1. The van der Waals surface area contributed by atoms with Crippen LogP contribution < -0.4 is 10.6 Å². The maximum atomic E-state index is 12.5. The number of rotatable bonds is 8. The summed E-state index contributed by atoms with van der Waals surface area (Å²) in [5.74, 6) is -0.453. The van der Waals surface area contributed by atoms with Crippen molar-refractivity contribution in [3.05, 3.63) is 34.8 Å². The highest BCUT2D eigenvalue weighted by Crippen LogP contribution is 2.20. The van der Waals surface area contributed by atoms with Crippen LogP contribution in [0.5, 0.6) is 0 Å². The number of carbonyl (C=O) groups excluding carboxylic acids is 2. The fourth-order valence-electron chi connectivity index (χ4n) is 2.85. The molecule has 8 heteroatoms. The highest BCUT2D eigenvalue weighted by Gasteiger charge is 2.23. The van der Waals surface area contributed by atoms with Gasteiger partial charge in [0.15, 0.2) is 0 Å². The fraction of sp³-hybridized carbons (Fsp3) is 0.474. The molecule has 1 saturated heterocycles. The molecule has 2 amide bonds. The summed E-state index contributed by atoms with van der Waals surface area (Å²) in [6.45, 7) is 2.77. The molecule has 1 aromatic carbocycles. The summed E-state index contributed by atoms with van der Waals surface area (Å²) in [6, 6.07) is 6.82. The van der Waals surface area contributed by atoms with Crippen LogP contribution in [-0.4, -0.2) is 34.7 Å². The Morgan fingerprint density at radius 1 is 1.26 bits per heavy atom. The van der Waals surface area contributed by atoms with Gasteiger partial charge in [-0.05, 0) is 37.5 Å². The molecule has 7 nitrogen and oxygen atoms in total. The van der Waals surface area contributed by atoms with Gasteiger partial charge in [-0.25, -0.2) is 0 Å². The van der Waals surface area contributed by atoms with Crippen molar-refractivity contribution in [3.63, 3.8) is 0 Å². The molecule has 0 radical (unpaired) electrons. The van der Waals surface area contributed by atoms with Crippen LogP contribution in [0.4, 0.5) is 10.8 Å². The van der Waals surface area contributed by atoms with Crippen LogP contribution in [0.2, 0.25) is 0 Å². The predicted octanol–water partition coefficient (Wildman–Crippen LogP) is 3.64. The van der Waals surface area contributed by atoms with Crippen molar-refractivity contribution in [1.29, 1.82) is 0 Å². The number of hydrogen-bond acceptors (Lipinski definition) is 6. The minimum absolute atomic E-state index is 0.175. The summed E-state index contributed by atoms with van der Waals surface area (Å²) in [4.78, 5) is 24.6. The van der Waals surface area contributed by atoms with Crippen molar-refractivity contribution in [2.75, 3.05) is 17.2 Å². The lowest BCUT2D eigenvalue weighted by Gasteiger charge is -2.11. The molecule has 2 N–H and O–H groups in total. The van der Waals surface area contributed by atoms with E-state index >= 15 is 0 Å². The van der Waals surface area contributed by atoms with E-state index in [1.54, 1.807) is 24.3 Å². The second kappa shape index (κ2) is 9.57. The molecule has 144 valence electrons. The number of aryl methyl sites for hydroxylation is 1. The first-order valence-corrected chi connectivity index (χ1v) is 10.1. The minimum Gasteiger partial charge on any atom is -0.368 e. The fourth-order valence-corrected chi connectivity index (χ4v) is 3.62. The van der Waals surface area contributed by atoms with E-state index < -0.39 is 6.10 Å². The third-order valence-corrected chi connectivity index (χ3v) is 5.19. The maximum Gasteiger partial charge on any atom is 0.257 e. The molecule has 1 unspecified atom stereocenters. The van der Waals surface area contributed by atoms with E-state index in [2.05, 4.69) is 27.8 Å². The van der Waals surface area contributed by atoms with Gasteiger partial charge in [0.25, 0.3) is 11.8 Å². The zero-order valence-electron chi connectivity index (χ0n) is 15.4. The van der Waals surface area contributed by atoms with Crippen molar-refractivity contribution in [3.8, 4) is 0 Å². The van der Waals surface area contributed by atoms with E-state index in [0.29, 0.717) is 23.0 Å². The van der Waals surface area contributed by atoms with Crippen LogP contribution in [0.1, 0.15) is 54.4 Å². The standard InChI is InChI=1S/C19H24N4O3S/c1-2-3-4-10-16-22-23-19(27-16)21-17(24)13-7-5-8-14(12-13)20-18(25)15-9-6-11-26-15/h5,7-8,12,15H,2-4,6,9-11H2,1H3,(H,20,25)(H,21,23,24). The van der Waals surface area contributed by atoms with Crippen molar-refractivity contribution < 1.29 is 14.3 Å². The molecular weight excluding hydrogens is 364 g/mol. The Labute approximate surface area is 162 Å². The third-order valence-electron chi connectivity index (χ3n) is 4.30. The molecule has 1 fully saturated rings. The van der Waals surface area contributed by atoms with Gasteiger partial charge in [-0.15, -0.1) is 10.2 Å². The first-order chi connectivity index (χ1) is 13.2. The van der Waals surface area contributed by atoms with Crippen molar-refractivity contribution in [2.24, 2.45) is 0 Å². The second-order valence-corrected chi connectivity index (χ2v) is 7.55. The molecular formula is C19H24N4O3S. The van der Waals surface area contributed by atoms with Crippen molar-refractivity contribution in [2.45, 2.75) is 51.6 Å². The SMILES string of the molecule is CCCCCc1nnc(NC(=O)c2cccc(NC(=O)C3CCCO3)c2)s1. The molecule has 1 aromatic heterocycles. The van der Waals surface area contributed by atoms with Gasteiger partial charge < -0.3 is 10.1 Å². The van der Waals surface area contributed by atoms with E-state index in [1.165, 1.54) is 11.3 Å². The summed E-state index contributed by atoms with van der Waals surface area (Å²) < 4.78 is 5.38. The van der Waals surface area contributed by atoms with Gasteiger partial charge in [0.1, 0.15) is 11.1 Å². The number of nitrogens with one attached hydrogen (secondary N) is 2. The van der Waals surface area contributed by atoms with Crippen LogP contribution in [0.3, 0.4) is 0 Å². The molecule has 1 atom stereocenters. The lowest BCUT2D eigenvalue weighted by Crippen LogP contribution is -2.27. The van der Waals surface area contributed by atoms with Gasteiger partial charge >= 0.3 is 0 Å². The molecule has 0 spiro atoms. The first kappa shape index (κ1) is 19.4. The van der Waals surface area contributed by atoms with Crippen LogP contribution >= 0.6 is 11.3 Å². The van der Waals surface area contributed by atoms with E-state index in [1.807, 2.05) is 0 Å². The van der Waals surface area contributed by atoms with E-state index in [-0.39, 0.29) is 11.8 Å². The Morgan fingerprint density at radius 3 is 2.93 bits per heavy atom. The Morgan fingerprint density at radius 2 is 2.15 bits per heavy atom. The van der Waals surface area contributed by atoms with Gasteiger partial charge in [0, 0.05) is 24.3 Å². The molecule has 0 saturated carbocycles. The number of hydrogen-bond donors (Lipinski definition) is 2. The third kappa shape index (κ3) is 5.58. The molecule has 1 aliphatic heterocycles. The lowest BCUT2D eigenvalue weighted by molar-refractivity contribution is -0.124. The number of anilines is 2. The van der Waals surface area contributed by atoms with Crippen LogP contribution in [0.25, 0.3) is 0 Å². The number of amides is 2. The zero-order chi connectivity index (χ0) is 19.1. The quantitative estimate of drug-likeness (QED) is 0.674. The number of nitrogens with zero attached hydrogens (tertiary/aromatic N) is 2. The molecule has 0 bridgehead atoms. The summed E-state index contributed by atoms with van der Waals surface area (Å²) in [6.07, 6.45) is 5.48. The Balaban J connectivity index is 1.57. The zero-order valence-corrected chi connectivity index (χ0v) is 16.2. The largest absolute Gasteiger partial charge is 0.368 e. The normalized spacial score (nSPS) is 16.3. The number of aromatic nitrogens is 2. The van der Waals surface area contributed by atoms with Crippen molar-refractivity contribution in [1.82, 2.24) is 10.2 Å². The molecule has 1 aliphatic rings. The lowest BCUT2D eigenvalue weighted by atomic mass is 10.1. The average Bonchev–Trinajstić information content (AvgIpc) is 3.34. The highest BCUT2D eigenvalue weighted by atomic mass is 32.1.